The normalized spacial score (nSPS) is 18.0. The van der Waals surface area contributed by atoms with Gasteiger partial charge in [-0.2, -0.15) is 4.89 Å². The molecule has 19 heavy (non-hydrogen) atoms. The maximum absolute atomic E-state index is 5.53. The summed E-state index contributed by atoms with van der Waals surface area (Å²) in [4.78, 5) is 10.9. The van der Waals surface area contributed by atoms with Crippen molar-refractivity contribution in [3.63, 3.8) is 0 Å². The van der Waals surface area contributed by atoms with Crippen LogP contribution in [0, 0.1) is 5.38 Å². The first-order chi connectivity index (χ1) is 9.42. The fraction of sp³-hybridized carbons (Fsp3) is 0.125. The fourth-order valence-corrected chi connectivity index (χ4v) is 3.33. The molecule has 2 nitrogen and oxygen atoms in total. The molecule has 0 aliphatic carbocycles. The van der Waals surface area contributed by atoms with Gasteiger partial charge < -0.3 is 4.89 Å². The molecule has 1 atom stereocenters. The van der Waals surface area contributed by atoms with Crippen LogP contribution in [-0.2, 0) is 11.3 Å². The average Bonchev–Trinajstić information content (AvgIpc) is 2.91. The average molecular weight is 267 g/mol. The van der Waals surface area contributed by atoms with Crippen LogP contribution in [0.4, 0.5) is 0 Å². The van der Waals surface area contributed by atoms with Gasteiger partial charge in [0.05, 0.1) is 5.38 Å². The fourth-order valence-electron chi connectivity index (χ4n) is 2.43. The molecule has 3 heteroatoms. The van der Waals surface area contributed by atoms with Crippen LogP contribution in [0.5, 0.6) is 5.75 Å². The summed E-state index contributed by atoms with van der Waals surface area (Å²) in [6.07, 6.45) is 0.749. The molecule has 2 heterocycles. The topological polar surface area (TPSA) is 18.5 Å². The number of rotatable bonds is 1. The van der Waals surface area contributed by atoms with Gasteiger partial charge in [0.25, 0.3) is 0 Å². The first-order valence-electron chi connectivity index (χ1n) is 6.22. The minimum atomic E-state index is -0.0777. The van der Waals surface area contributed by atoms with Crippen LogP contribution in [0.15, 0.2) is 48.5 Å². The molecule has 0 saturated carbocycles. The third-order valence-corrected chi connectivity index (χ3v) is 4.30. The maximum Gasteiger partial charge on any atom is 0.168 e. The van der Waals surface area contributed by atoms with E-state index in [0.717, 1.165) is 17.7 Å². The zero-order valence-corrected chi connectivity index (χ0v) is 10.9. The van der Waals surface area contributed by atoms with E-state index in [1.807, 2.05) is 30.3 Å². The molecule has 0 spiro atoms. The highest BCUT2D eigenvalue weighted by atomic mass is 32.1. The third-order valence-electron chi connectivity index (χ3n) is 3.40. The summed E-state index contributed by atoms with van der Waals surface area (Å²) < 4.78 is 1.24. The van der Waals surface area contributed by atoms with Crippen molar-refractivity contribution >= 4 is 21.4 Å². The molecule has 4 rings (SSSR count). The van der Waals surface area contributed by atoms with Crippen LogP contribution in [0.25, 0.3) is 10.1 Å². The lowest BCUT2D eigenvalue weighted by molar-refractivity contribution is -0.257. The van der Waals surface area contributed by atoms with E-state index < -0.39 is 0 Å². The smallest absolute Gasteiger partial charge is 0.168 e. The van der Waals surface area contributed by atoms with Crippen molar-refractivity contribution in [1.29, 1.82) is 0 Å². The van der Waals surface area contributed by atoms with Crippen molar-refractivity contribution in [3.05, 3.63) is 65.0 Å². The van der Waals surface area contributed by atoms with Gasteiger partial charge in [-0.25, -0.2) is 0 Å². The van der Waals surface area contributed by atoms with Crippen LogP contribution in [0.3, 0.4) is 0 Å². The minimum Gasteiger partial charge on any atom is -0.337 e. The molecule has 2 aromatic carbocycles. The van der Waals surface area contributed by atoms with E-state index in [4.69, 9.17) is 9.78 Å². The van der Waals surface area contributed by atoms with Crippen LogP contribution >= 0.6 is 11.3 Å². The number of para-hydroxylation sites is 1. The van der Waals surface area contributed by atoms with Crippen molar-refractivity contribution in [3.8, 4) is 5.75 Å². The minimum absolute atomic E-state index is 0.0777. The second-order valence-corrected chi connectivity index (χ2v) is 5.44. The molecule has 1 radical (unpaired) electrons. The first-order valence-corrected chi connectivity index (χ1v) is 7.04. The van der Waals surface area contributed by atoms with Crippen molar-refractivity contribution in [1.82, 2.24) is 0 Å². The molecule has 0 amide bonds. The summed E-state index contributed by atoms with van der Waals surface area (Å²) in [5.41, 5.74) is 2.28. The first kappa shape index (κ1) is 11.0. The van der Waals surface area contributed by atoms with E-state index in [1.165, 1.54) is 15.6 Å². The van der Waals surface area contributed by atoms with E-state index in [-0.39, 0.29) is 6.10 Å². The van der Waals surface area contributed by atoms with E-state index >= 15 is 0 Å². The molecular formula is C16H11O2S. The van der Waals surface area contributed by atoms with Crippen LogP contribution < -0.4 is 4.89 Å². The standard InChI is InChI=1S/C16H11O2S/c1-3-7-14-11(5-1)9-15(18-17-14)13-10-19-16-8-4-2-6-12(13)16/h1-8,15H,9H2. The van der Waals surface area contributed by atoms with Gasteiger partial charge in [-0.15, -0.1) is 11.3 Å². The summed E-state index contributed by atoms with van der Waals surface area (Å²) >= 11 is 1.63. The molecule has 0 N–H and O–H groups in total. The SMILES string of the molecule is [c]1sc2ccccc2c1C1Cc2ccccc2OO1. The highest BCUT2D eigenvalue weighted by Gasteiger charge is 2.25. The van der Waals surface area contributed by atoms with Gasteiger partial charge in [-0.1, -0.05) is 36.4 Å². The molecule has 0 saturated heterocycles. The predicted molar refractivity (Wildman–Crippen MR) is 75.3 cm³/mol. The molecular weight excluding hydrogens is 256 g/mol. The molecule has 1 aliphatic heterocycles. The molecule has 93 valence electrons. The Morgan fingerprint density at radius 2 is 1.89 bits per heavy atom. The number of fused-ring (bicyclic) bond motifs is 2. The number of benzene rings is 2. The van der Waals surface area contributed by atoms with Gasteiger partial charge in [0.15, 0.2) is 5.75 Å². The highest BCUT2D eigenvalue weighted by Crippen LogP contribution is 2.37. The van der Waals surface area contributed by atoms with Gasteiger partial charge in [-0.3, -0.25) is 0 Å². The van der Waals surface area contributed by atoms with E-state index in [9.17, 15) is 0 Å². The molecule has 0 fully saturated rings. The largest absolute Gasteiger partial charge is 0.337 e. The summed E-state index contributed by atoms with van der Waals surface area (Å²) in [5.74, 6) is 0.818. The Bertz CT molecular complexity index is 732. The van der Waals surface area contributed by atoms with Gasteiger partial charge >= 0.3 is 0 Å². The Balaban J connectivity index is 1.75. The lowest BCUT2D eigenvalue weighted by atomic mass is 9.99. The second-order valence-electron chi connectivity index (χ2n) is 4.59. The van der Waals surface area contributed by atoms with Gasteiger partial charge in [0, 0.05) is 22.2 Å². The maximum atomic E-state index is 5.53. The zero-order chi connectivity index (χ0) is 12.7. The lowest BCUT2D eigenvalue weighted by Crippen LogP contribution is -2.16. The number of thiophene rings is 1. The van der Waals surface area contributed by atoms with Gasteiger partial charge in [-0.05, 0) is 17.5 Å². The number of hydrogen-bond donors (Lipinski definition) is 0. The monoisotopic (exact) mass is 267 g/mol. The van der Waals surface area contributed by atoms with Crippen molar-refractivity contribution in [2.45, 2.75) is 12.5 Å². The number of hydrogen-bond acceptors (Lipinski definition) is 3. The Kier molecular flexibility index (Phi) is 2.53. The highest BCUT2D eigenvalue weighted by molar-refractivity contribution is 7.16. The molecule has 0 bridgehead atoms. The molecule has 1 aromatic heterocycles. The Morgan fingerprint density at radius 1 is 1.05 bits per heavy atom. The molecule has 3 aromatic rings. The van der Waals surface area contributed by atoms with Gasteiger partial charge in [0.1, 0.15) is 6.10 Å². The molecule has 1 aliphatic rings. The second kappa shape index (κ2) is 4.37. The van der Waals surface area contributed by atoms with Crippen LogP contribution in [-0.4, -0.2) is 0 Å². The summed E-state index contributed by atoms with van der Waals surface area (Å²) in [5, 5.41) is 4.56. The van der Waals surface area contributed by atoms with E-state index in [0.29, 0.717) is 0 Å². The van der Waals surface area contributed by atoms with E-state index in [1.54, 1.807) is 11.3 Å². The Morgan fingerprint density at radius 3 is 2.89 bits per heavy atom. The van der Waals surface area contributed by atoms with Gasteiger partial charge in [0.2, 0.25) is 0 Å². The lowest BCUT2D eigenvalue weighted by Gasteiger charge is -2.23. The quantitative estimate of drug-likeness (QED) is 0.612. The van der Waals surface area contributed by atoms with Crippen molar-refractivity contribution in [2.75, 3.05) is 0 Å². The van der Waals surface area contributed by atoms with Crippen LogP contribution in [0.1, 0.15) is 17.2 Å². The Hall–Kier alpha value is -1.84. The summed E-state index contributed by atoms with van der Waals surface area (Å²) in [7, 11) is 0. The third kappa shape index (κ3) is 1.82. The summed E-state index contributed by atoms with van der Waals surface area (Å²) in [6.45, 7) is 0. The molecule has 1 unspecified atom stereocenters. The zero-order valence-electron chi connectivity index (χ0n) is 10.1. The Labute approximate surface area is 115 Å². The summed E-state index contributed by atoms with van der Waals surface area (Å²) in [6, 6.07) is 16.3. The van der Waals surface area contributed by atoms with Crippen molar-refractivity contribution < 1.29 is 9.78 Å². The van der Waals surface area contributed by atoms with Crippen LogP contribution in [0.2, 0.25) is 0 Å². The van der Waals surface area contributed by atoms with Crippen molar-refractivity contribution in [2.24, 2.45) is 0 Å². The van der Waals surface area contributed by atoms with E-state index in [2.05, 4.69) is 23.6 Å². The predicted octanol–water partition coefficient (Wildman–Crippen LogP) is 4.31.